The third-order valence-electron chi connectivity index (χ3n) is 3.47. The second kappa shape index (κ2) is 8.44. The number of hydrogen-bond acceptors (Lipinski definition) is 6. The average Bonchev–Trinajstić information content (AvgIpc) is 3.03. The van der Waals surface area contributed by atoms with Crippen molar-refractivity contribution in [2.24, 2.45) is 0 Å². The van der Waals surface area contributed by atoms with E-state index in [1.54, 1.807) is 18.5 Å². The largest absolute Gasteiger partial charge is 0.494 e. The van der Waals surface area contributed by atoms with Gasteiger partial charge in [-0.2, -0.15) is 0 Å². The molecule has 0 saturated heterocycles. The van der Waals surface area contributed by atoms with Crippen LogP contribution in [-0.4, -0.2) is 22.5 Å². The SMILES string of the molecule is CCOc1ccc(NC(=O)c2sc(COc3cccnc3)nc2C)cc1. The summed E-state index contributed by atoms with van der Waals surface area (Å²) in [5.41, 5.74) is 1.39. The molecular weight excluding hydrogens is 350 g/mol. The van der Waals surface area contributed by atoms with E-state index in [2.05, 4.69) is 15.3 Å². The number of carbonyl (C=O) groups excluding carboxylic acids is 1. The highest BCUT2D eigenvalue weighted by Crippen LogP contribution is 2.22. The number of ether oxygens (including phenoxy) is 2. The third kappa shape index (κ3) is 4.58. The van der Waals surface area contributed by atoms with Gasteiger partial charge < -0.3 is 14.8 Å². The molecule has 2 heterocycles. The lowest BCUT2D eigenvalue weighted by Gasteiger charge is -2.06. The molecule has 26 heavy (non-hydrogen) atoms. The number of hydrogen-bond donors (Lipinski definition) is 1. The maximum atomic E-state index is 12.5. The van der Waals surface area contributed by atoms with E-state index >= 15 is 0 Å². The summed E-state index contributed by atoms with van der Waals surface area (Å²) in [6.45, 7) is 4.65. The number of pyridine rings is 1. The quantitative estimate of drug-likeness (QED) is 0.679. The van der Waals surface area contributed by atoms with E-state index in [1.807, 2.05) is 44.2 Å². The highest BCUT2D eigenvalue weighted by Gasteiger charge is 2.16. The van der Waals surface area contributed by atoms with Crippen LogP contribution in [0.15, 0.2) is 48.8 Å². The Balaban J connectivity index is 1.63. The van der Waals surface area contributed by atoms with Crippen molar-refractivity contribution in [1.29, 1.82) is 0 Å². The Labute approximate surface area is 155 Å². The highest BCUT2D eigenvalue weighted by atomic mass is 32.1. The minimum absolute atomic E-state index is 0.184. The highest BCUT2D eigenvalue weighted by molar-refractivity contribution is 7.13. The van der Waals surface area contributed by atoms with E-state index in [1.165, 1.54) is 11.3 Å². The van der Waals surface area contributed by atoms with E-state index in [9.17, 15) is 4.79 Å². The first-order valence-corrected chi connectivity index (χ1v) is 9.00. The Kier molecular flexibility index (Phi) is 5.80. The van der Waals surface area contributed by atoms with Crippen molar-refractivity contribution in [3.05, 3.63) is 64.4 Å². The minimum atomic E-state index is -0.184. The third-order valence-corrected chi connectivity index (χ3v) is 4.60. The average molecular weight is 369 g/mol. The van der Waals surface area contributed by atoms with Crippen LogP contribution in [-0.2, 0) is 6.61 Å². The molecule has 0 aliphatic carbocycles. The number of carbonyl (C=O) groups is 1. The van der Waals surface area contributed by atoms with Gasteiger partial charge in [0.1, 0.15) is 28.0 Å². The summed E-state index contributed by atoms with van der Waals surface area (Å²) in [6, 6.07) is 10.9. The van der Waals surface area contributed by atoms with Crippen molar-refractivity contribution in [3.8, 4) is 11.5 Å². The van der Waals surface area contributed by atoms with Crippen molar-refractivity contribution in [2.75, 3.05) is 11.9 Å². The molecule has 0 atom stereocenters. The van der Waals surface area contributed by atoms with Crippen molar-refractivity contribution in [3.63, 3.8) is 0 Å². The van der Waals surface area contributed by atoms with E-state index in [-0.39, 0.29) is 5.91 Å². The molecule has 1 aromatic carbocycles. The fourth-order valence-corrected chi connectivity index (χ4v) is 3.16. The molecule has 6 nitrogen and oxygen atoms in total. The molecule has 0 aliphatic heterocycles. The van der Waals surface area contributed by atoms with Crippen LogP contribution in [0.2, 0.25) is 0 Å². The summed E-state index contributed by atoms with van der Waals surface area (Å²) in [7, 11) is 0. The topological polar surface area (TPSA) is 73.3 Å². The Hall–Kier alpha value is -2.93. The molecule has 0 bridgehead atoms. The molecule has 3 aromatic rings. The fourth-order valence-electron chi connectivity index (χ4n) is 2.29. The molecule has 1 N–H and O–H groups in total. The predicted octanol–water partition coefficient (Wildman–Crippen LogP) is 4.08. The standard InChI is InChI=1S/C19H19N3O3S/c1-3-24-15-8-6-14(7-9-15)22-19(23)18-13(2)21-17(26-18)12-25-16-5-4-10-20-11-16/h4-11H,3,12H2,1-2H3,(H,22,23). The molecule has 0 radical (unpaired) electrons. The number of thiazole rings is 1. The Morgan fingerprint density at radius 1 is 1.15 bits per heavy atom. The van der Waals surface area contributed by atoms with Gasteiger partial charge in [0, 0.05) is 11.9 Å². The smallest absolute Gasteiger partial charge is 0.267 e. The normalized spacial score (nSPS) is 10.4. The van der Waals surface area contributed by atoms with Gasteiger partial charge in [-0.15, -0.1) is 11.3 Å². The molecule has 0 aliphatic rings. The van der Waals surface area contributed by atoms with Gasteiger partial charge in [0.05, 0.1) is 18.5 Å². The zero-order valence-electron chi connectivity index (χ0n) is 14.6. The summed E-state index contributed by atoms with van der Waals surface area (Å²) < 4.78 is 11.0. The Morgan fingerprint density at radius 3 is 2.65 bits per heavy atom. The summed E-state index contributed by atoms with van der Waals surface area (Å²) in [5.74, 6) is 1.26. The second-order valence-electron chi connectivity index (χ2n) is 5.41. The van der Waals surface area contributed by atoms with Gasteiger partial charge in [-0.3, -0.25) is 9.78 Å². The van der Waals surface area contributed by atoms with Crippen molar-refractivity contribution >= 4 is 22.9 Å². The van der Waals surface area contributed by atoms with E-state index in [0.717, 1.165) is 10.8 Å². The predicted molar refractivity (Wildman–Crippen MR) is 101 cm³/mol. The molecule has 0 spiro atoms. The van der Waals surface area contributed by atoms with Gasteiger partial charge in [0.2, 0.25) is 0 Å². The van der Waals surface area contributed by atoms with Gasteiger partial charge in [-0.1, -0.05) is 0 Å². The lowest BCUT2D eigenvalue weighted by Crippen LogP contribution is -2.11. The zero-order valence-corrected chi connectivity index (χ0v) is 15.4. The number of nitrogens with one attached hydrogen (secondary N) is 1. The molecule has 0 saturated carbocycles. The Morgan fingerprint density at radius 2 is 1.96 bits per heavy atom. The fraction of sp³-hybridized carbons (Fsp3) is 0.211. The van der Waals surface area contributed by atoms with E-state index in [4.69, 9.17) is 9.47 Å². The number of nitrogens with zero attached hydrogens (tertiary/aromatic N) is 2. The summed E-state index contributed by atoms with van der Waals surface area (Å²) in [5, 5.41) is 3.62. The van der Waals surface area contributed by atoms with Gasteiger partial charge in [0.25, 0.3) is 5.91 Å². The summed E-state index contributed by atoms with van der Waals surface area (Å²) in [6.07, 6.45) is 3.32. The van der Waals surface area contributed by atoms with Gasteiger partial charge in [0.15, 0.2) is 0 Å². The van der Waals surface area contributed by atoms with Crippen LogP contribution in [0.3, 0.4) is 0 Å². The molecule has 3 rings (SSSR count). The molecule has 0 unspecified atom stereocenters. The lowest BCUT2D eigenvalue weighted by atomic mass is 10.3. The number of anilines is 1. The van der Waals surface area contributed by atoms with Crippen LogP contribution in [0.1, 0.15) is 27.3 Å². The molecule has 0 fully saturated rings. The molecule has 7 heteroatoms. The van der Waals surface area contributed by atoms with E-state index < -0.39 is 0 Å². The Bertz CT molecular complexity index is 863. The lowest BCUT2D eigenvalue weighted by molar-refractivity contribution is 0.103. The first-order chi connectivity index (χ1) is 12.7. The first-order valence-electron chi connectivity index (χ1n) is 8.19. The maximum Gasteiger partial charge on any atom is 0.267 e. The van der Waals surface area contributed by atoms with Crippen LogP contribution in [0.25, 0.3) is 0 Å². The first kappa shape index (κ1) is 17.9. The molecule has 1 amide bonds. The van der Waals surface area contributed by atoms with Crippen LogP contribution >= 0.6 is 11.3 Å². The minimum Gasteiger partial charge on any atom is -0.494 e. The van der Waals surface area contributed by atoms with Crippen LogP contribution in [0.5, 0.6) is 11.5 Å². The summed E-state index contributed by atoms with van der Waals surface area (Å²) in [4.78, 5) is 21.5. The number of rotatable bonds is 7. The number of amides is 1. The zero-order chi connectivity index (χ0) is 18.4. The van der Waals surface area contributed by atoms with Crippen LogP contribution < -0.4 is 14.8 Å². The van der Waals surface area contributed by atoms with Gasteiger partial charge in [-0.25, -0.2) is 4.98 Å². The maximum absolute atomic E-state index is 12.5. The summed E-state index contributed by atoms with van der Waals surface area (Å²) >= 11 is 1.32. The molecular formula is C19H19N3O3S. The number of benzene rings is 1. The van der Waals surface area contributed by atoms with Crippen LogP contribution in [0, 0.1) is 6.92 Å². The monoisotopic (exact) mass is 369 g/mol. The van der Waals surface area contributed by atoms with Crippen molar-refractivity contribution in [2.45, 2.75) is 20.5 Å². The van der Waals surface area contributed by atoms with Crippen LogP contribution in [0.4, 0.5) is 5.69 Å². The molecule has 134 valence electrons. The molecule has 2 aromatic heterocycles. The van der Waals surface area contributed by atoms with Gasteiger partial charge in [-0.05, 0) is 50.2 Å². The van der Waals surface area contributed by atoms with E-state index in [0.29, 0.717) is 35.2 Å². The van der Waals surface area contributed by atoms with Crippen molar-refractivity contribution < 1.29 is 14.3 Å². The van der Waals surface area contributed by atoms with Crippen molar-refractivity contribution in [1.82, 2.24) is 9.97 Å². The van der Waals surface area contributed by atoms with Gasteiger partial charge >= 0.3 is 0 Å². The number of aryl methyl sites for hydroxylation is 1. The second-order valence-corrected chi connectivity index (χ2v) is 6.49. The number of aromatic nitrogens is 2.